The van der Waals surface area contributed by atoms with Gasteiger partial charge in [-0.3, -0.25) is 0 Å². The molecule has 0 aliphatic heterocycles. The Hall–Kier alpha value is -1.65. The topological polar surface area (TPSA) is 60.7 Å². The van der Waals surface area contributed by atoms with Gasteiger partial charge in [0.2, 0.25) is 0 Å². The maximum absolute atomic E-state index is 14.4. The van der Waals surface area contributed by atoms with Gasteiger partial charge in [-0.25, -0.2) is 4.39 Å². The first-order valence-corrected chi connectivity index (χ1v) is 14.7. The molecule has 0 heterocycles. The van der Waals surface area contributed by atoms with Crippen LogP contribution in [0, 0.1) is 22.7 Å². The molecule has 3 N–H and O–H groups in total. The van der Waals surface area contributed by atoms with Crippen LogP contribution in [-0.2, 0) is 0 Å². The van der Waals surface area contributed by atoms with Gasteiger partial charge in [0.25, 0.3) is 5.60 Å². The molecule has 10 heteroatoms. The molecule has 3 nitrogen and oxygen atoms in total. The first-order chi connectivity index (χ1) is 22.0. The summed E-state index contributed by atoms with van der Waals surface area (Å²) in [7, 11) is 0. The number of rotatable bonds is 9. The van der Waals surface area contributed by atoms with E-state index in [1.165, 1.54) is 0 Å². The minimum atomic E-state index is -6.07. The molecule has 0 aromatic rings. The van der Waals surface area contributed by atoms with Crippen molar-refractivity contribution in [3.05, 3.63) is 47.6 Å². The predicted molar refractivity (Wildman–Crippen MR) is 153 cm³/mol. The lowest BCUT2D eigenvalue weighted by molar-refractivity contribution is -0.347. The lowest BCUT2D eigenvalue weighted by atomic mass is 9.55. The van der Waals surface area contributed by atoms with E-state index >= 15 is 0 Å². The highest BCUT2D eigenvalue weighted by Gasteiger charge is 2.69. The summed E-state index contributed by atoms with van der Waals surface area (Å²) < 4.78 is 141. The third-order valence-corrected chi connectivity index (χ3v) is 10.1. The highest BCUT2D eigenvalue weighted by Crippen LogP contribution is 2.64. The molecule has 1 unspecified atom stereocenters. The van der Waals surface area contributed by atoms with Crippen molar-refractivity contribution in [2.45, 2.75) is 134 Å². The SMILES string of the molecule is [2H]C([2H])([2H])C(O)(CCC[C@](C)(CC=CC(O)(C(F)(F)F)C(F)(F)F)[C@H]1CCC2C(=CC=C3C[C@@H](O)C[C@H](F)C3=C)CCC[C@@]21C)C([2H])([2H])[2H]. The second-order valence-electron chi connectivity index (χ2n) is 13.3. The van der Waals surface area contributed by atoms with Crippen LogP contribution in [0.3, 0.4) is 0 Å². The molecule has 3 aliphatic carbocycles. The van der Waals surface area contributed by atoms with Crippen molar-refractivity contribution in [1.29, 1.82) is 0 Å². The van der Waals surface area contributed by atoms with Gasteiger partial charge in [0, 0.05) is 14.6 Å². The minimum Gasteiger partial charge on any atom is -0.393 e. The number of aliphatic hydroxyl groups is 3. The van der Waals surface area contributed by atoms with E-state index < -0.39 is 73.2 Å². The lowest BCUT2D eigenvalue weighted by Crippen LogP contribution is -2.55. The van der Waals surface area contributed by atoms with E-state index in [9.17, 15) is 46.1 Å². The van der Waals surface area contributed by atoms with Crippen molar-refractivity contribution in [3.8, 4) is 0 Å². The van der Waals surface area contributed by atoms with Crippen LogP contribution in [0.1, 0.15) is 106 Å². The average Bonchev–Trinajstić information content (AvgIpc) is 3.29. The van der Waals surface area contributed by atoms with E-state index in [4.69, 9.17) is 8.22 Å². The predicted octanol–water partition coefficient (Wildman–Crippen LogP) is 8.85. The van der Waals surface area contributed by atoms with Crippen LogP contribution >= 0.6 is 0 Å². The van der Waals surface area contributed by atoms with Crippen molar-refractivity contribution in [3.63, 3.8) is 0 Å². The van der Waals surface area contributed by atoms with E-state index in [1.807, 2.05) is 13.0 Å². The van der Waals surface area contributed by atoms with Crippen molar-refractivity contribution >= 4 is 0 Å². The summed E-state index contributed by atoms with van der Waals surface area (Å²) in [6.07, 6.45) is -8.51. The third-order valence-electron chi connectivity index (χ3n) is 10.1. The molecular weight excluding hydrogens is 577 g/mol. The molecule has 43 heavy (non-hydrogen) atoms. The minimum absolute atomic E-state index is 0.0401. The Kier molecular flexibility index (Phi) is 8.12. The molecule has 3 rings (SSSR count). The Balaban J connectivity index is 2.01. The van der Waals surface area contributed by atoms with Crippen molar-refractivity contribution < 1.29 is 54.3 Å². The van der Waals surface area contributed by atoms with Crippen molar-refractivity contribution in [1.82, 2.24) is 0 Å². The Morgan fingerprint density at radius 2 is 1.70 bits per heavy atom. The van der Waals surface area contributed by atoms with Crippen LogP contribution in [0.4, 0.5) is 30.7 Å². The smallest absolute Gasteiger partial charge is 0.393 e. The molecule has 0 saturated heterocycles. The number of fused-ring (bicyclic) bond motifs is 1. The van der Waals surface area contributed by atoms with Crippen LogP contribution in [0.15, 0.2) is 47.6 Å². The fourth-order valence-electron chi connectivity index (χ4n) is 7.83. The van der Waals surface area contributed by atoms with Gasteiger partial charge in [-0.1, -0.05) is 50.6 Å². The molecule has 0 amide bonds. The van der Waals surface area contributed by atoms with Gasteiger partial charge in [-0.15, -0.1) is 0 Å². The maximum Gasteiger partial charge on any atom is 0.429 e. The van der Waals surface area contributed by atoms with Crippen molar-refractivity contribution in [2.24, 2.45) is 22.7 Å². The molecule has 246 valence electrons. The number of aliphatic hydroxyl groups excluding tert-OH is 1. The van der Waals surface area contributed by atoms with Crippen LogP contribution in [-0.4, -0.2) is 51.1 Å². The van der Waals surface area contributed by atoms with E-state index in [2.05, 4.69) is 6.58 Å². The van der Waals surface area contributed by atoms with Gasteiger partial charge < -0.3 is 15.3 Å². The molecule has 6 atom stereocenters. The second-order valence-corrected chi connectivity index (χ2v) is 13.3. The Morgan fingerprint density at radius 1 is 1.05 bits per heavy atom. The quantitative estimate of drug-likeness (QED) is 0.176. The zero-order valence-electron chi connectivity index (χ0n) is 30.6. The number of hydrogen-bond acceptors (Lipinski definition) is 3. The van der Waals surface area contributed by atoms with Gasteiger partial charge in [0.1, 0.15) is 6.17 Å². The van der Waals surface area contributed by atoms with Crippen LogP contribution in [0.25, 0.3) is 0 Å². The van der Waals surface area contributed by atoms with E-state index in [-0.39, 0.29) is 49.2 Å². The first-order valence-electron chi connectivity index (χ1n) is 17.7. The van der Waals surface area contributed by atoms with E-state index in [1.54, 1.807) is 13.0 Å². The zero-order valence-corrected chi connectivity index (χ0v) is 24.6. The molecule has 3 fully saturated rings. The van der Waals surface area contributed by atoms with E-state index in [0.29, 0.717) is 43.8 Å². The van der Waals surface area contributed by atoms with Gasteiger partial charge in [-0.2, -0.15) is 26.3 Å². The largest absolute Gasteiger partial charge is 0.429 e. The average molecular weight is 631 g/mol. The van der Waals surface area contributed by atoms with Gasteiger partial charge in [-0.05, 0) is 111 Å². The summed E-state index contributed by atoms with van der Waals surface area (Å²) in [6, 6.07) is 0. The lowest BCUT2D eigenvalue weighted by Gasteiger charge is -2.49. The number of allylic oxidation sites excluding steroid dienone is 5. The van der Waals surface area contributed by atoms with Crippen molar-refractivity contribution in [2.75, 3.05) is 0 Å². The molecule has 0 bridgehead atoms. The number of halogens is 7. The third kappa shape index (κ3) is 7.78. The number of alkyl halides is 7. The van der Waals surface area contributed by atoms with Gasteiger partial charge >= 0.3 is 12.4 Å². The molecule has 0 aromatic carbocycles. The Morgan fingerprint density at radius 3 is 2.30 bits per heavy atom. The molecule has 3 saturated carbocycles. The summed E-state index contributed by atoms with van der Waals surface area (Å²) in [5, 5.41) is 30.6. The molecular formula is C33H47F7O3. The molecule has 0 aromatic heterocycles. The second kappa shape index (κ2) is 12.6. The monoisotopic (exact) mass is 630 g/mol. The van der Waals surface area contributed by atoms with Crippen LogP contribution < -0.4 is 0 Å². The summed E-state index contributed by atoms with van der Waals surface area (Å²) in [4.78, 5) is 0. The highest BCUT2D eigenvalue weighted by molar-refractivity contribution is 5.39. The highest BCUT2D eigenvalue weighted by atomic mass is 19.4. The van der Waals surface area contributed by atoms with Crippen LogP contribution in [0.2, 0.25) is 0 Å². The summed E-state index contributed by atoms with van der Waals surface area (Å²) >= 11 is 0. The normalized spacial score (nSPS) is 35.6. The Labute approximate surface area is 259 Å². The summed E-state index contributed by atoms with van der Waals surface area (Å²) in [6.45, 7) is 0.827. The maximum atomic E-state index is 14.4. The number of hydrogen-bond donors (Lipinski definition) is 3. The summed E-state index contributed by atoms with van der Waals surface area (Å²) in [5.41, 5.74) is -7.99. The Bertz CT molecular complexity index is 1280. The standard InChI is InChI=1S/C33H47F7O3/c1-21-23(19-24(41)20-26(21)34)11-10-22-9-6-17-30(5)25(22)12-13-27(30)29(4,15-7-14-28(2,3)42)16-8-18-31(43,32(35,36)37)33(38,39)40/h8,10-11,18,24-27,41-43H,1,6-7,9,12-17,19-20H2,2-5H3/t24-,25?,26+,27-,29-,30+/m1/s1/i2D3,3D3. The zero-order chi connectivity index (χ0) is 37.6. The fraction of sp³-hybridized carbons (Fsp3) is 0.758. The molecule has 0 spiro atoms. The van der Waals surface area contributed by atoms with Gasteiger partial charge in [0.05, 0.1) is 11.7 Å². The molecule has 3 aliphatic rings. The van der Waals surface area contributed by atoms with Crippen LogP contribution in [0.5, 0.6) is 0 Å². The first kappa shape index (κ1) is 27.6. The summed E-state index contributed by atoms with van der Waals surface area (Å²) in [5.74, 6) is -0.426. The van der Waals surface area contributed by atoms with E-state index in [0.717, 1.165) is 5.57 Å². The fourth-order valence-corrected chi connectivity index (χ4v) is 7.83. The molecule has 0 radical (unpaired) electrons. The van der Waals surface area contributed by atoms with Gasteiger partial charge in [0.15, 0.2) is 0 Å².